The normalized spacial score (nSPS) is 15.3. The molecule has 5 N–H and O–H groups in total. The van der Waals surface area contributed by atoms with Gasteiger partial charge in [-0.2, -0.15) is 0 Å². The van der Waals surface area contributed by atoms with E-state index < -0.39 is 12.1 Å². The number of benzene rings is 4. The summed E-state index contributed by atoms with van der Waals surface area (Å²) in [5.41, 5.74) is 6.90. The minimum atomic E-state index is -0.680. The van der Waals surface area contributed by atoms with E-state index in [0.29, 0.717) is 13.1 Å². The predicted molar refractivity (Wildman–Crippen MR) is 219 cm³/mol. The maximum Gasteiger partial charge on any atom is 0.407 e. The Balaban J connectivity index is 0.971. The van der Waals surface area contributed by atoms with Gasteiger partial charge >= 0.3 is 6.09 Å². The first-order valence-electron chi connectivity index (χ1n) is 19.5. The quantitative estimate of drug-likeness (QED) is 0.0736. The first-order valence-corrected chi connectivity index (χ1v) is 19.5. The number of aromatic amines is 2. The number of likely N-dealkylation sites (tertiary alicyclic amines) is 1. The lowest BCUT2D eigenvalue weighted by molar-refractivity contribution is -0.135. The van der Waals surface area contributed by atoms with E-state index in [9.17, 15) is 14.4 Å². The number of rotatable bonds is 14. The van der Waals surface area contributed by atoms with E-state index >= 15 is 0 Å². The number of aryl methyl sites for hydroxylation is 1. The lowest BCUT2D eigenvalue weighted by Crippen LogP contribution is -2.51. The number of hydrogen-bond acceptors (Lipinski definition) is 7. The van der Waals surface area contributed by atoms with Crippen molar-refractivity contribution in [2.45, 2.75) is 64.1 Å². The fourth-order valence-electron chi connectivity index (χ4n) is 7.61. The maximum atomic E-state index is 13.6. The second-order valence-corrected chi connectivity index (χ2v) is 14.8. The Labute approximate surface area is 326 Å². The summed E-state index contributed by atoms with van der Waals surface area (Å²) in [6, 6.07) is 27.6. The lowest BCUT2D eigenvalue weighted by Gasteiger charge is -2.29. The van der Waals surface area contributed by atoms with E-state index in [-0.39, 0.29) is 29.8 Å². The number of hydrogen-bond donors (Lipinski definition) is 5. The molecule has 1 saturated heterocycles. The summed E-state index contributed by atoms with van der Waals surface area (Å²) in [6.07, 6.45) is 5.49. The summed E-state index contributed by atoms with van der Waals surface area (Å²) in [5, 5.41) is 11.1. The van der Waals surface area contributed by atoms with Gasteiger partial charge in [-0.05, 0) is 90.4 Å². The molecule has 56 heavy (non-hydrogen) atoms. The highest BCUT2D eigenvalue weighted by molar-refractivity contribution is 5.92. The van der Waals surface area contributed by atoms with Gasteiger partial charge in [0.25, 0.3) is 0 Å². The second kappa shape index (κ2) is 17.2. The number of amides is 3. The summed E-state index contributed by atoms with van der Waals surface area (Å²) in [5.74, 6) is 1.44. The van der Waals surface area contributed by atoms with Crippen LogP contribution in [0.5, 0.6) is 0 Å². The van der Waals surface area contributed by atoms with Gasteiger partial charge in [-0.25, -0.2) is 14.8 Å². The molecule has 1 aliphatic heterocycles. The molecule has 0 bridgehead atoms. The Hall–Kier alpha value is -6.01. The Morgan fingerprint density at radius 3 is 2.39 bits per heavy atom. The highest BCUT2D eigenvalue weighted by atomic mass is 16.5. The number of fused-ring (bicyclic) bond motifs is 2. The minimum absolute atomic E-state index is 0.0223. The second-order valence-electron chi connectivity index (χ2n) is 14.8. The van der Waals surface area contributed by atoms with E-state index in [1.807, 2.05) is 61.3 Å². The summed E-state index contributed by atoms with van der Waals surface area (Å²) in [4.78, 5) is 56.7. The van der Waals surface area contributed by atoms with E-state index in [1.165, 1.54) is 7.11 Å². The van der Waals surface area contributed by atoms with Crippen LogP contribution in [0.25, 0.3) is 44.2 Å². The fraction of sp³-hybridized carbons (Fsp3) is 0.341. The molecule has 3 atom stereocenters. The Bertz CT molecular complexity index is 2320. The molecule has 3 amide bonds. The monoisotopic (exact) mass is 754 g/mol. The van der Waals surface area contributed by atoms with Gasteiger partial charge in [0.1, 0.15) is 23.7 Å². The number of nitrogens with zero attached hydrogens (tertiary/aromatic N) is 3. The van der Waals surface area contributed by atoms with Gasteiger partial charge in [-0.15, -0.1) is 0 Å². The molecule has 6 aromatic rings. The van der Waals surface area contributed by atoms with Crippen molar-refractivity contribution in [3.63, 3.8) is 0 Å². The lowest BCUT2D eigenvalue weighted by atomic mass is 9.99. The van der Waals surface area contributed by atoms with Crippen LogP contribution in [0.3, 0.4) is 0 Å². The first kappa shape index (κ1) is 38.3. The largest absolute Gasteiger partial charge is 0.453 e. The zero-order valence-electron chi connectivity index (χ0n) is 32.4. The van der Waals surface area contributed by atoms with E-state index in [0.717, 1.165) is 93.5 Å². The van der Waals surface area contributed by atoms with Crippen molar-refractivity contribution in [3.05, 3.63) is 108 Å². The van der Waals surface area contributed by atoms with Gasteiger partial charge in [0.2, 0.25) is 11.8 Å². The maximum absolute atomic E-state index is 13.6. The zero-order chi connectivity index (χ0) is 39.2. The highest BCUT2D eigenvalue weighted by Gasteiger charge is 2.37. The third-order valence-electron chi connectivity index (χ3n) is 10.7. The molecule has 12 nitrogen and oxygen atoms in total. The molecule has 3 heterocycles. The van der Waals surface area contributed by atoms with Gasteiger partial charge < -0.3 is 35.6 Å². The van der Waals surface area contributed by atoms with Crippen molar-refractivity contribution < 1.29 is 19.1 Å². The Morgan fingerprint density at radius 2 is 1.64 bits per heavy atom. The number of carbonyl (C=O) groups excluding carboxylic acids is 3. The zero-order valence-corrected chi connectivity index (χ0v) is 32.4. The summed E-state index contributed by atoms with van der Waals surface area (Å²) in [6.45, 7) is 5.04. The number of aromatic nitrogens is 4. The number of unbranched alkanes of at least 4 members (excludes halogenated alkanes) is 1. The summed E-state index contributed by atoms with van der Waals surface area (Å²) in [7, 11) is 3.10. The molecule has 12 heteroatoms. The Morgan fingerprint density at radius 1 is 0.911 bits per heavy atom. The topological polar surface area (TPSA) is 157 Å². The minimum Gasteiger partial charge on any atom is -0.453 e. The van der Waals surface area contributed by atoms with Crippen molar-refractivity contribution in [2.24, 2.45) is 5.92 Å². The van der Waals surface area contributed by atoms with E-state index in [2.05, 4.69) is 79.4 Å². The van der Waals surface area contributed by atoms with Crippen LogP contribution in [0.2, 0.25) is 0 Å². The number of carbonyl (C=O) groups is 3. The molecule has 1 fully saturated rings. The van der Waals surface area contributed by atoms with Crippen molar-refractivity contribution in [1.29, 1.82) is 0 Å². The van der Waals surface area contributed by atoms with Crippen molar-refractivity contribution in [3.8, 4) is 22.4 Å². The van der Waals surface area contributed by atoms with Gasteiger partial charge in [0, 0.05) is 25.1 Å². The molecule has 2 aromatic heterocycles. The number of nitrogens with one attached hydrogen (secondary N) is 5. The standard InChI is InChI=1S/C44H50N8O4/c1-27(2)39(51-44(55)56-4)43(54)52-22-10-13-37(52)41-49-34-20-19-32(25-35(34)50-41)30-15-16-31-24-33(18-17-29(31)23-30)36-26-47-38(48-36)14-8-9-21-46-42(53)40(45-3)28-11-6-5-7-12-28/h5-7,11-12,15-20,23-27,37,39-40,45H,8-10,13-14,21-22H2,1-4H3,(H,46,53)(H,47,48)(H,49,50)(H,51,55). The predicted octanol–water partition coefficient (Wildman–Crippen LogP) is 7.22. The number of methoxy groups -OCH3 is 1. The van der Waals surface area contributed by atoms with Crippen LogP contribution in [0, 0.1) is 5.92 Å². The van der Waals surface area contributed by atoms with Gasteiger partial charge in [-0.1, -0.05) is 74.5 Å². The SMILES string of the molecule is CNC(C(=O)NCCCCc1ncc(-c2ccc3cc(-c4ccc5nc(C6CCCN6C(=O)C(NC(=O)OC)C(C)C)[nH]c5c4)ccc3c2)[nH]1)c1ccccc1. The third-order valence-corrected chi connectivity index (χ3v) is 10.7. The highest BCUT2D eigenvalue weighted by Crippen LogP contribution is 2.34. The van der Waals surface area contributed by atoms with E-state index in [4.69, 9.17) is 9.72 Å². The molecule has 290 valence electrons. The molecule has 0 spiro atoms. The molecule has 0 saturated carbocycles. The molecule has 3 unspecified atom stereocenters. The third kappa shape index (κ3) is 8.45. The van der Waals surface area contributed by atoms with Crippen molar-refractivity contribution in [1.82, 2.24) is 40.8 Å². The number of imidazole rings is 2. The molecule has 4 aromatic carbocycles. The first-order chi connectivity index (χ1) is 27.2. The summed E-state index contributed by atoms with van der Waals surface area (Å²) >= 11 is 0. The molecular formula is C44H50N8O4. The van der Waals surface area contributed by atoms with Crippen LogP contribution in [-0.2, 0) is 20.7 Å². The summed E-state index contributed by atoms with van der Waals surface area (Å²) < 4.78 is 4.77. The van der Waals surface area contributed by atoms with Gasteiger partial charge in [0.05, 0.1) is 36.1 Å². The molecule has 0 aliphatic carbocycles. The van der Waals surface area contributed by atoms with Crippen LogP contribution < -0.4 is 16.0 Å². The average molecular weight is 755 g/mol. The van der Waals surface area contributed by atoms with Crippen LogP contribution in [0.1, 0.15) is 68.8 Å². The molecule has 7 rings (SSSR count). The van der Waals surface area contributed by atoms with Crippen molar-refractivity contribution in [2.75, 3.05) is 27.2 Å². The molecule has 0 radical (unpaired) electrons. The van der Waals surface area contributed by atoms with E-state index in [1.54, 1.807) is 7.05 Å². The Kier molecular flexibility index (Phi) is 11.8. The number of H-pyrrole nitrogens is 2. The average Bonchev–Trinajstić information content (AvgIpc) is 4.00. The van der Waals surface area contributed by atoms with Crippen molar-refractivity contribution >= 4 is 39.7 Å². The van der Waals surface area contributed by atoms with Gasteiger partial charge in [0.15, 0.2) is 0 Å². The fourth-order valence-corrected chi connectivity index (χ4v) is 7.61. The molecular weight excluding hydrogens is 705 g/mol. The van der Waals surface area contributed by atoms with Crippen LogP contribution in [-0.4, -0.2) is 76.0 Å². The number of likely N-dealkylation sites (N-methyl/N-ethyl adjacent to an activating group) is 1. The van der Waals surface area contributed by atoms with Gasteiger partial charge in [-0.3, -0.25) is 9.59 Å². The van der Waals surface area contributed by atoms with Crippen LogP contribution in [0.15, 0.2) is 91.1 Å². The smallest absolute Gasteiger partial charge is 0.407 e. The number of alkyl carbamates (subject to hydrolysis) is 1. The van der Waals surface area contributed by atoms with Crippen LogP contribution >= 0.6 is 0 Å². The number of ether oxygens (including phenoxy) is 1. The van der Waals surface area contributed by atoms with Crippen LogP contribution in [0.4, 0.5) is 4.79 Å². The molecule has 1 aliphatic rings.